The van der Waals surface area contributed by atoms with E-state index in [1.165, 1.54) is 0 Å². The molecule has 0 fully saturated rings. The first kappa shape index (κ1) is 21.0. The van der Waals surface area contributed by atoms with Gasteiger partial charge in [-0.05, 0) is 36.8 Å². The zero-order valence-corrected chi connectivity index (χ0v) is 19.1. The van der Waals surface area contributed by atoms with Gasteiger partial charge in [0.25, 0.3) is 5.56 Å². The predicted molar refractivity (Wildman–Crippen MR) is 130 cm³/mol. The number of carbonyl (C=O) groups is 1. The van der Waals surface area contributed by atoms with E-state index in [2.05, 4.69) is 4.98 Å². The summed E-state index contributed by atoms with van der Waals surface area (Å²) in [4.78, 5) is 31.8. The van der Waals surface area contributed by atoms with Gasteiger partial charge in [-0.1, -0.05) is 26.0 Å². The monoisotopic (exact) mass is 441 g/mol. The fraction of sp³-hybridized carbons (Fsp3) is 0.269. The number of nitrogens with two attached hydrogens (primary N) is 1. The molecule has 168 valence electrons. The summed E-state index contributed by atoms with van der Waals surface area (Å²) in [6, 6.07) is 13.3. The Labute approximate surface area is 192 Å². The van der Waals surface area contributed by atoms with Crippen LogP contribution in [0, 0.1) is 12.8 Å². The van der Waals surface area contributed by atoms with E-state index in [9.17, 15) is 9.59 Å². The highest BCUT2D eigenvalue weighted by atomic mass is 16.2. The molecule has 0 spiro atoms. The van der Waals surface area contributed by atoms with Gasteiger partial charge in [-0.25, -0.2) is 0 Å². The summed E-state index contributed by atoms with van der Waals surface area (Å²) in [5, 5.41) is 1.02. The summed E-state index contributed by atoms with van der Waals surface area (Å²) in [6.07, 6.45) is 4.28. The number of fused-ring (bicyclic) bond motifs is 3. The minimum absolute atomic E-state index is 0.0330. The lowest BCUT2D eigenvalue weighted by Gasteiger charge is -2.29. The molecule has 0 unspecified atom stereocenters. The van der Waals surface area contributed by atoms with Crippen molar-refractivity contribution < 1.29 is 4.79 Å². The lowest BCUT2D eigenvalue weighted by atomic mass is 10.0. The van der Waals surface area contributed by atoms with Crippen LogP contribution in [0.5, 0.6) is 0 Å². The quantitative estimate of drug-likeness (QED) is 0.494. The molecule has 7 heteroatoms. The molecule has 0 radical (unpaired) electrons. The Hall–Kier alpha value is -3.87. The van der Waals surface area contributed by atoms with E-state index in [1.807, 2.05) is 62.1 Å². The lowest BCUT2D eigenvalue weighted by Crippen LogP contribution is -2.39. The molecule has 1 aliphatic rings. The second kappa shape index (κ2) is 7.92. The van der Waals surface area contributed by atoms with Crippen molar-refractivity contribution in [1.29, 1.82) is 0 Å². The topological polar surface area (TPSA) is 86.1 Å². The number of nitrogen functional groups attached to an aromatic ring is 1. The highest BCUT2D eigenvalue weighted by Gasteiger charge is 2.27. The van der Waals surface area contributed by atoms with E-state index in [4.69, 9.17) is 5.84 Å². The van der Waals surface area contributed by atoms with E-state index in [-0.39, 0.29) is 17.4 Å². The van der Waals surface area contributed by atoms with Crippen LogP contribution in [0.1, 0.15) is 30.7 Å². The zero-order valence-electron chi connectivity index (χ0n) is 19.1. The summed E-state index contributed by atoms with van der Waals surface area (Å²) in [5.74, 6) is 6.58. The van der Waals surface area contributed by atoms with Crippen molar-refractivity contribution in [3.05, 3.63) is 82.0 Å². The first-order chi connectivity index (χ1) is 15.8. The van der Waals surface area contributed by atoms with E-state index in [1.54, 1.807) is 27.7 Å². The molecule has 4 aromatic rings. The predicted octanol–water partition coefficient (Wildman–Crippen LogP) is 3.42. The summed E-state index contributed by atoms with van der Waals surface area (Å²) in [7, 11) is 0. The molecule has 33 heavy (non-hydrogen) atoms. The molecule has 1 aliphatic heterocycles. The largest absolute Gasteiger partial charge is 0.339 e. The highest BCUT2D eigenvalue weighted by Crippen LogP contribution is 2.31. The maximum Gasteiger partial charge on any atom is 0.255 e. The van der Waals surface area contributed by atoms with Crippen molar-refractivity contribution in [3.8, 4) is 16.9 Å². The average molecular weight is 442 g/mol. The normalized spacial score (nSPS) is 13.5. The number of carbonyl (C=O) groups excluding carboxylic acids is 1. The zero-order chi connectivity index (χ0) is 23.3. The Kier molecular flexibility index (Phi) is 5.04. The number of amides is 1. The maximum absolute atomic E-state index is 12.9. The van der Waals surface area contributed by atoms with Crippen molar-refractivity contribution in [2.45, 2.75) is 33.7 Å². The number of aromatic nitrogens is 3. The average Bonchev–Trinajstić information content (AvgIpc) is 3.10. The molecule has 2 N–H and O–H groups in total. The van der Waals surface area contributed by atoms with Gasteiger partial charge in [0, 0.05) is 66.1 Å². The summed E-state index contributed by atoms with van der Waals surface area (Å²) in [5.41, 5.74) is 6.22. The Bertz CT molecular complexity index is 1430. The van der Waals surface area contributed by atoms with Crippen LogP contribution in [0.3, 0.4) is 0 Å². The smallest absolute Gasteiger partial charge is 0.255 e. The molecule has 7 nitrogen and oxygen atoms in total. The molecule has 0 bridgehead atoms. The fourth-order valence-corrected chi connectivity index (χ4v) is 4.57. The molecule has 0 saturated carbocycles. The van der Waals surface area contributed by atoms with Gasteiger partial charge in [-0.15, -0.1) is 0 Å². The van der Waals surface area contributed by atoms with Crippen LogP contribution in [-0.4, -0.2) is 31.6 Å². The van der Waals surface area contributed by atoms with Gasteiger partial charge in [-0.2, -0.15) is 0 Å². The van der Waals surface area contributed by atoms with Gasteiger partial charge in [-0.3, -0.25) is 23.8 Å². The number of hydrogen-bond donors (Lipinski definition) is 1. The third kappa shape index (κ3) is 3.59. The Morgan fingerprint density at radius 3 is 2.64 bits per heavy atom. The standard InChI is InChI=1S/C26H27N5O2/c1-16(2)26(33)29-10-9-23-21(15-29)20-6-5-19(13-24(20)31(23)27)30-11-8-18(12-25(30)32)22-7-4-17(3)14-28-22/h4-8,11-14,16H,9-10,15,27H2,1-3H3. The number of benzene rings is 1. The third-order valence-electron chi connectivity index (χ3n) is 6.38. The van der Waals surface area contributed by atoms with Crippen molar-refractivity contribution in [2.75, 3.05) is 12.4 Å². The molecule has 0 atom stereocenters. The van der Waals surface area contributed by atoms with Crippen LogP contribution in [0.15, 0.2) is 59.7 Å². The minimum atomic E-state index is -0.136. The van der Waals surface area contributed by atoms with Crippen LogP contribution in [0.25, 0.3) is 27.8 Å². The van der Waals surface area contributed by atoms with E-state index in [0.717, 1.165) is 44.7 Å². The molecule has 3 aromatic heterocycles. The number of hydrogen-bond acceptors (Lipinski definition) is 4. The molecule has 0 aliphatic carbocycles. The molecule has 1 amide bonds. The van der Waals surface area contributed by atoms with E-state index >= 15 is 0 Å². The van der Waals surface area contributed by atoms with E-state index in [0.29, 0.717) is 19.5 Å². The van der Waals surface area contributed by atoms with Gasteiger partial charge in [0.05, 0.1) is 16.9 Å². The Morgan fingerprint density at radius 1 is 1.12 bits per heavy atom. The SMILES string of the molecule is Cc1ccc(-c2ccn(-c3ccc4c5c(n(N)c4c3)CCN(C(=O)C(C)C)C5)c(=O)c2)nc1. The molecule has 0 saturated heterocycles. The van der Waals surface area contributed by atoms with Gasteiger partial charge >= 0.3 is 0 Å². The van der Waals surface area contributed by atoms with Crippen molar-refractivity contribution in [2.24, 2.45) is 5.92 Å². The highest BCUT2D eigenvalue weighted by molar-refractivity contribution is 5.88. The van der Waals surface area contributed by atoms with Crippen LogP contribution in [-0.2, 0) is 17.8 Å². The van der Waals surface area contributed by atoms with Crippen molar-refractivity contribution >= 4 is 16.8 Å². The van der Waals surface area contributed by atoms with Crippen LogP contribution >= 0.6 is 0 Å². The Balaban J connectivity index is 1.52. The molecular weight excluding hydrogens is 414 g/mol. The van der Waals surface area contributed by atoms with Gasteiger partial charge in [0.2, 0.25) is 5.91 Å². The Morgan fingerprint density at radius 2 is 1.94 bits per heavy atom. The molecule has 5 rings (SSSR count). The number of rotatable bonds is 3. The number of nitrogens with zero attached hydrogens (tertiary/aromatic N) is 4. The molecule has 4 heterocycles. The van der Waals surface area contributed by atoms with Crippen molar-refractivity contribution in [1.82, 2.24) is 19.1 Å². The second-order valence-corrected chi connectivity index (χ2v) is 9.01. The van der Waals surface area contributed by atoms with Crippen LogP contribution < -0.4 is 11.4 Å². The summed E-state index contributed by atoms with van der Waals surface area (Å²) in [6.45, 7) is 7.06. The van der Waals surface area contributed by atoms with Gasteiger partial charge < -0.3 is 10.7 Å². The van der Waals surface area contributed by atoms with Crippen molar-refractivity contribution in [3.63, 3.8) is 0 Å². The maximum atomic E-state index is 12.9. The first-order valence-electron chi connectivity index (χ1n) is 11.2. The molecular formula is C26H27N5O2. The number of pyridine rings is 2. The minimum Gasteiger partial charge on any atom is -0.339 e. The van der Waals surface area contributed by atoms with Crippen LogP contribution in [0.2, 0.25) is 0 Å². The number of aryl methyl sites for hydroxylation is 1. The summed E-state index contributed by atoms with van der Waals surface area (Å²) >= 11 is 0. The van der Waals surface area contributed by atoms with E-state index < -0.39 is 0 Å². The fourth-order valence-electron chi connectivity index (χ4n) is 4.57. The first-order valence-corrected chi connectivity index (χ1v) is 11.2. The van der Waals surface area contributed by atoms with Gasteiger partial charge in [0.15, 0.2) is 0 Å². The lowest BCUT2D eigenvalue weighted by molar-refractivity contribution is -0.135. The third-order valence-corrected chi connectivity index (χ3v) is 6.38. The second-order valence-electron chi connectivity index (χ2n) is 9.01. The summed E-state index contributed by atoms with van der Waals surface area (Å²) < 4.78 is 3.32. The van der Waals surface area contributed by atoms with Crippen LogP contribution in [0.4, 0.5) is 0 Å². The van der Waals surface area contributed by atoms with Gasteiger partial charge in [0.1, 0.15) is 0 Å². The molecule has 1 aromatic carbocycles.